The molecule has 1 aliphatic rings. The Bertz CT molecular complexity index is 498. The second kappa shape index (κ2) is 4.53. The molecule has 0 spiro atoms. The highest BCUT2D eigenvalue weighted by molar-refractivity contribution is 6.69. The molecule has 0 N–H and O–H groups in total. The van der Waals surface area contributed by atoms with E-state index in [1.54, 1.807) is 0 Å². The summed E-state index contributed by atoms with van der Waals surface area (Å²) in [4.78, 5) is 0. The Balaban J connectivity index is 2.52. The fourth-order valence-corrected chi connectivity index (χ4v) is 4.02. The van der Waals surface area contributed by atoms with Crippen molar-refractivity contribution in [1.29, 1.82) is 5.26 Å². The van der Waals surface area contributed by atoms with E-state index in [1.165, 1.54) is 11.1 Å². The number of fused-ring (bicyclic) bond motifs is 1. The van der Waals surface area contributed by atoms with Crippen LogP contribution in [0.5, 0.6) is 0 Å². The van der Waals surface area contributed by atoms with Crippen LogP contribution in [0.25, 0.3) is 0 Å². The molecule has 0 amide bonds. The largest absolute Gasteiger partial charge is 0.396 e. The van der Waals surface area contributed by atoms with Gasteiger partial charge in [0.2, 0.25) is 0 Å². The summed E-state index contributed by atoms with van der Waals surface area (Å²) in [7, 11) is -1.75. The second-order valence-corrected chi connectivity index (χ2v) is 10.6. The van der Waals surface area contributed by atoms with E-state index in [1.807, 2.05) is 0 Å². The minimum absolute atomic E-state index is 0.704. The van der Waals surface area contributed by atoms with Gasteiger partial charge in [0.05, 0.1) is 0 Å². The molecule has 0 radical (unpaired) electrons. The molecule has 2 rings (SSSR count). The first-order valence-corrected chi connectivity index (χ1v) is 9.99. The number of hydrogen-bond donors (Lipinski definition) is 0. The number of aryl methyl sites for hydroxylation is 2. The maximum Gasteiger partial charge on any atom is 0.186 e. The van der Waals surface area contributed by atoms with Crippen LogP contribution in [0.4, 0.5) is 0 Å². The zero-order valence-electron chi connectivity index (χ0n) is 11.7. The quantitative estimate of drug-likeness (QED) is 0.755. The summed E-state index contributed by atoms with van der Waals surface area (Å²) in [6.45, 7) is 8.52. The highest BCUT2D eigenvalue weighted by Gasteiger charge is 2.41. The molecule has 0 heterocycles. The molecule has 1 atom stereocenters. The summed E-state index contributed by atoms with van der Waals surface area (Å²) in [5.41, 5.74) is 2.89. The number of nitrogens with zero attached hydrogens (tertiary/aromatic N) is 1. The first kappa shape index (κ1) is 13.3. The third-order valence-electron chi connectivity index (χ3n) is 3.34. The third kappa shape index (κ3) is 2.50. The highest BCUT2D eigenvalue weighted by Crippen LogP contribution is 2.40. The Morgan fingerprint density at radius 3 is 2.67 bits per heavy atom. The summed E-state index contributed by atoms with van der Waals surface area (Å²) < 4.78 is 6.27. The van der Waals surface area contributed by atoms with Gasteiger partial charge in [0.1, 0.15) is 6.07 Å². The van der Waals surface area contributed by atoms with Crippen molar-refractivity contribution in [1.82, 2.24) is 0 Å². The van der Waals surface area contributed by atoms with Crippen molar-refractivity contribution in [2.24, 2.45) is 0 Å². The first-order chi connectivity index (χ1) is 8.36. The lowest BCUT2D eigenvalue weighted by molar-refractivity contribution is 0.0983. The lowest BCUT2D eigenvalue weighted by Crippen LogP contribution is -2.42. The van der Waals surface area contributed by atoms with Gasteiger partial charge in [-0.15, -0.1) is 0 Å². The van der Waals surface area contributed by atoms with Crippen molar-refractivity contribution in [2.45, 2.75) is 51.4 Å². The number of nitriles is 1. The third-order valence-corrected chi connectivity index (χ3v) is 4.30. The van der Waals surface area contributed by atoms with E-state index < -0.39 is 13.9 Å². The van der Waals surface area contributed by atoms with Crippen molar-refractivity contribution in [2.75, 3.05) is 0 Å². The number of benzene rings is 1. The van der Waals surface area contributed by atoms with Gasteiger partial charge in [0, 0.05) is 5.56 Å². The van der Waals surface area contributed by atoms with E-state index in [0.29, 0.717) is 0 Å². The molecule has 3 heteroatoms. The molecule has 1 unspecified atom stereocenters. The fourth-order valence-electron chi connectivity index (χ4n) is 2.71. The molecular weight excluding hydrogens is 238 g/mol. The summed E-state index contributed by atoms with van der Waals surface area (Å²) in [5, 5.41) is 9.69. The summed E-state index contributed by atoms with van der Waals surface area (Å²) in [6, 6.07) is 8.89. The predicted octanol–water partition coefficient (Wildman–Crippen LogP) is 3.90. The Labute approximate surface area is 111 Å². The van der Waals surface area contributed by atoms with Crippen LogP contribution in [0.1, 0.15) is 29.5 Å². The average Bonchev–Trinajstić information content (AvgIpc) is 2.28. The molecule has 0 aliphatic heterocycles. The van der Waals surface area contributed by atoms with Gasteiger partial charge in [0.15, 0.2) is 13.9 Å². The average molecular weight is 259 g/mol. The molecule has 2 nitrogen and oxygen atoms in total. The van der Waals surface area contributed by atoms with Gasteiger partial charge >= 0.3 is 0 Å². The van der Waals surface area contributed by atoms with E-state index >= 15 is 0 Å². The van der Waals surface area contributed by atoms with Crippen LogP contribution in [0.3, 0.4) is 0 Å². The molecule has 1 aromatic rings. The van der Waals surface area contributed by atoms with Crippen molar-refractivity contribution in [3.63, 3.8) is 0 Å². The molecular formula is C15H21NOSi. The number of hydrogen-bond acceptors (Lipinski definition) is 2. The fraction of sp³-hybridized carbons (Fsp3) is 0.533. The molecule has 0 fully saturated rings. The van der Waals surface area contributed by atoms with Crippen molar-refractivity contribution in [3.05, 3.63) is 34.9 Å². The lowest BCUT2D eigenvalue weighted by Gasteiger charge is -2.38. The topological polar surface area (TPSA) is 33.0 Å². The van der Waals surface area contributed by atoms with E-state index in [9.17, 15) is 5.26 Å². The maximum atomic E-state index is 9.69. The molecule has 0 saturated heterocycles. The van der Waals surface area contributed by atoms with Gasteiger partial charge < -0.3 is 4.43 Å². The van der Waals surface area contributed by atoms with Gasteiger partial charge in [-0.25, -0.2) is 0 Å². The van der Waals surface area contributed by atoms with Crippen LogP contribution < -0.4 is 0 Å². The van der Waals surface area contributed by atoms with Crippen LogP contribution >= 0.6 is 0 Å². The van der Waals surface area contributed by atoms with Crippen LogP contribution in [0.2, 0.25) is 19.6 Å². The molecule has 1 aliphatic carbocycles. The van der Waals surface area contributed by atoms with Crippen LogP contribution in [0.15, 0.2) is 18.2 Å². The Morgan fingerprint density at radius 2 is 2.06 bits per heavy atom. The zero-order valence-corrected chi connectivity index (χ0v) is 12.7. The zero-order chi connectivity index (χ0) is 13.4. The monoisotopic (exact) mass is 259 g/mol. The Kier molecular flexibility index (Phi) is 3.35. The molecule has 1 aromatic carbocycles. The summed E-state index contributed by atoms with van der Waals surface area (Å²) in [5.74, 6) is 0. The van der Waals surface area contributed by atoms with Crippen LogP contribution in [-0.4, -0.2) is 8.32 Å². The minimum Gasteiger partial charge on any atom is -0.396 e. The summed E-state index contributed by atoms with van der Waals surface area (Å²) >= 11 is 0. The smallest absolute Gasteiger partial charge is 0.186 e. The first-order valence-electron chi connectivity index (χ1n) is 6.58. The van der Waals surface area contributed by atoms with Crippen molar-refractivity contribution in [3.8, 4) is 6.07 Å². The van der Waals surface area contributed by atoms with E-state index in [2.05, 4.69) is 50.8 Å². The van der Waals surface area contributed by atoms with Gasteiger partial charge in [-0.1, -0.05) is 23.8 Å². The van der Waals surface area contributed by atoms with E-state index in [4.69, 9.17) is 4.43 Å². The minimum atomic E-state index is -1.75. The predicted molar refractivity (Wildman–Crippen MR) is 75.8 cm³/mol. The summed E-state index contributed by atoms with van der Waals surface area (Å²) in [6.07, 6.45) is 2.92. The molecule has 0 aromatic heterocycles. The van der Waals surface area contributed by atoms with Gasteiger partial charge in [-0.3, -0.25) is 0 Å². The van der Waals surface area contributed by atoms with E-state index in [-0.39, 0.29) is 0 Å². The molecule has 18 heavy (non-hydrogen) atoms. The van der Waals surface area contributed by atoms with Gasteiger partial charge in [-0.05, 0) is 51.4 Å². The standard InChI is InChI=1S/C15H21NOSi/c1-12-7-8-13-6-5-9-15(11-16,14(13)10-12)17-18(2,3)4/h7-8,10H,5-6,9H2,1-4H3. The number of rotatable bonds is 2. The van der Waals surface area contributed by atoms with Crippen LogP contribution in [-0.2, 0) is 16.4 Å². The normalized spacial score (nSPS) is 23.3. The Hall–Kier alpha value is -1.11. The lowest BCUT2D eigenvalue weighted by atomic mass is 9.79. The maximum absolute atomic E-state index is 9.69. The molecule has 96 valence electrons. The van der Waals surface area contributed by atoms with Crippen molar-refractivity contribution < 1.29 is 4.43 Å². The Morgan fingerprint density at radius 1 is 1.33 bits per heavy atom. The highest BCUT2D eigenvalue weighted by atomic mass is 28.4. The second-order valence-electron chi connectivity index (χ2n) is 6.17. The SMILES string of the molecule is Cc1ccc2c(c1)C(C#N)(O[Si](C)(C)C)CCC2. The molecule has 0 bridgehead atoms. The van der Waals surface area contributed by atoms with Crippen molar-refractivity contribution >= 4 is 8.32 Å². The van der Waals surface area contributed by atoms with E-state index in [0.717, 1.165) is 24.8 Å². The van der Waals surface area contributed by atoms with Gasteiger partial charge in [-0.2, -0.15) is 5.26 Å². The van der Waals surface area contributed by atoms with Crippen LogP contribution in [0, 0.1) is 18.3 Å². The van der Waals surface area contributed by atoms with Gasteiger partial charge in [0.25, 0.3) is 0 Å². The molecule has 0 saturated carbocycles.